The van der Waals surface area contributed by atoms with Crippen LogP contribution in [0.4, 0.5) is 0 Å². The standard InChI is InChI=1S/C23H33N5O4/c1-14(2)32-19-10-8-7-9-16(19)17-13-28(26-25-17)20(23(3,4)5)22(31)27-12-15(29)11-18(27)21(30)24-6/h7-10,13-15,18,20,29H,11-12H2,1-6H3,(H,24,30)/t15?,18-,20?/m1/s1. The molecule has 0 aliphatic carbocycles. The first-order valence-corrected chi connectivity index (χ1v) is 10.9. The second-order valence-corrected chi connectivity index (χ2v) is 9.53. The molecule has 9 nitrogen and oxygen atoms in total. The fraction of sp³-hybridized carbons (Fsp3) is 0.565. The number of carbonyl (C=O) groups excluding carboxylic acids is 2. The van der Waals surface area contributed by atoms with Crippen molar-refractivity contribution in [2.75, 3.05) is 13.6 Å². The monoisotopic (exact) mass is 443 g/mol. The van der Waals surface area contributed by atoms with Crippen molar-refractivity contribution < 1.29 is 19.4 Å². The van der Waals surface area contributed by atoms with E-state index in [1.807, 2.05) is 58.9 Å². The maximum absolute atomic E-state index is 13.6. The molecule has 0 bridgehead atoms. The van der Waals surface area contributed by atoms with Gasteiger partial charge in [0.2, 0.25) is 11.8 Å². The summed E-state index contributed by atoms with van der Waals surface area (Å²) in [7, 11) is 1.53. The van der Waals surface area contributed by atoms with Crippen molar-refractivity contribution in [3.63, 3.8) is 0 Å². The molecule has 2 heterocycles. The number of amides is 2. The van der Waals surface area contributed by atoms with E-state index in [2.05, 4.69) is 15.6 Å². The Kier molecular flexibility index (Phi) is 6.88. The minimum Gasteiger partial charge on any atom is -0.490 e. The van der Waals surface area contributed by atoms with Gasteiger partial charge in [-0.3, -0.25) is 9.59 Å². The van der Waals surface area contributed by atoms with Crippen LogP contribution in [0.25, 0.3) is 11.3 Å². The lowest BCUT2D eigenvalue weighted by Gasteiger charge is -2.34. The van der Waals surface area contributed by atoms with Gasteiger partial charge in [0.05, 0.1) is 18.4 Å². The minimum absolute atomic E-state index is 0.00154. The van der Waals surface area contributed by atoms with Crippen LogP contribution in [0.15, 0.2) is 30.5 Å². The number of ether oxygens (including phenoxy) is 1. The van der Waals surface area contributed by atoms with Gasteiger partial charge >= 0.3 is 0 Å². The van der Waals surface area contributed by atoms with Crippen molar-refractivity contribution in [3.05, 3.63) is 30.5 Å². The van der Waals surface area contributed by atoms with Gasteiger partial charge in [-0.2, -0.15) is 0 Å². The Hall–Kier alpha value is -2.94. The van der Waals surface area contributed by atoms with Crippen LogP contribution < -0.4 is 10.1 Å². The minimum atomic E-state index is -0.742. The van der Waals surface area contributed by atoms with Crippen molar-refractivity contribution in [1.29, 1.82) is 0 Å². The van der Waals surface area contributed by atoms with Crippen LogP contribution in [0.1, 0.15) is 47.1 Å². The molecule has 0 saturated carbocycles. The molecule has 1 aromatic heterocycles. The zero-order chi connectivity index (χ0) is 23.6. The van der Waals surface area contributed by atoms with Crippen LogP contribution in [-0.4, -0.2) is 68.7 Å². The number of hydrogen-bond donors (Lipinski definition) is 2. The first kappa shape index (κ1) is 23.7. The molecular weight excluding hydrogens is 410 g/mol. The van der Waals surface area contributed by atoms with Crippen LogP contribution in [0, 0.1) is 5.41 Å². The third-order valence-corrected chi connectivity index (χ3v) is 5.47. The summed E-state index contributed by atoms with van der Waals surface area (Å²) in [5.74, 6) is 0.128. The second kappa shape index (κ2) is 9.28. The lowest BCUT2D eigenvalue weighted by Crippen LogP contribution is -2.49. The molecule has 9 heteroatoms. The maximum Gasteiger partial charge on any atom is 0.248 e. The molecular formula is C23H33N5O4. The van der Waals surface area contributed by atoms with Gasteiger partial charge in [0.1, 0.15) is 23.5 Å². The van der Waals surface area contributed by atoms with Crippen molar-refractivity contribution >= 4 is 11.8 Å². The van der Waals surface area contributed by atoms with E-state index in [4.69, 9.17) is 4.74 Å². The summed E-state index contributed by atoms with van der Waals surface area (Å²) < 4.78 is 7.46. The highest BCUT2D eigenvalue weighted by atomic mass is 16.5. The van der Waals surface area contributed by atoms with E-state index in [9.17, 15) is 14.7 Å². The topological polar surface area (TPSA) is 110 Å². The molecule has 2 aromatic rings. The Labute approximate surface area is 188 Å². The first-order chi connectivity index (χ1) is 15.0. The number of β-amino-alcohol motifs (C(OH)–C–C–N with tert-alkyl or cyclic N) is 1. The number of carbonyl (C=O) groups is 2. The molecule has 2 amide bonds. The van der Waals surface area contributed by atoms with Crippen molar-refractivity contribution in [1.82, 2.24) is 25.2 Å². The molecule has 3 atom stereocenters. The summed E-state index contributed by atoms with van der Waals surface area (Å²) in [6, 6.07) is 6.15. The van der Waals surface area contributed by atoms with E-state index in [1.165, 1.54) is 11.9 Å². The zero-order valence-electron chi connectivity index (χ0n) is 19.6. The van der Waals surface area contributed by atoms with Gasteiger partial charge in [-0.05, 0) is 31.4 Å². The summed E-state index contributed by atoms with van der Waals surface area (Å²) in [4.78, 5) is 27.4. The predicted molar refractivity (Wildman–Crippen MR) is 120 cm³/mol. The molecule has 1 saturated heterocycles. The second-order valence-electron chi connectivity index (χ2n) is 9.53. The molecule has 2 N–H and O–H groups in total. The summed E-state index contributed by atoms with van der Waals surface area (Å²) in [5.41, 5.74) is 0.858. The van der Waals surface area contributed by atoms with Crippen LogP contribution >= 0.6 is 0 Å². The summed E-state index contributed by atoms with van der Waals surface area (Å²) in [6.07, 6.45) is 1.20. The molecule has 174 valence electrons. The first-order valence-electron chi connectivity index (χ1n) is 10.9. The van der Waals surface area contributed by atoms with E-state index in [0.717, 1.165) is 5.56 Å². The average molecular weight is 444 g/mol. The lowest BCUT2D eigenvalue weighted by molar-refractivity contribution is -0.144. The average Bonchev–Trinajstić information content (AvgIpc) is 3.33. The lowest BCUT2D eigenvalue weighted by atomic mass is 9.85. The Morgan fingerprint density at radius 2 is 1.94 bits per heavy atom. The summed E-state index contributed by atoms with van der Waals surface area (Å²) >= 11 is 0. The number of aromatic nitrogens is 3. The molecule has 1 aromatic carbocycles. The van der Waals surface area contributed by atoms with E-state index < -0.39 is 23.6 Å². The number of aliphatic hydroxyl groups is 1. The molecule has 1 aliphatic heterocycles. The van der Waals surface area contributed by atoms with Gasteiger partial charge < -0.3 is 20.1 Å². The van der Waals surface area contributed by atoms with Crippen molar-refractivity contribution in [2.24, 2.45) is 5.41 Å². The molecule has 0 spiro atoms. The number of likely N-dealkylation sites (N-methyl/N-ethyl adjacent to an activating group) is 1. The number of benzene rings is 1. The van der Waals surface area contributed by atoms with Gasteiger partial charge in [0, 0.05) is 25.6 Å². The predicted octanol–water partition coefficient (Wildman–Crippen LogP) is 2.03. The van der Waals surface area contributed by atoms with E-state index in [0.29, 0.717) is 11.4 Å². The Balaban J connectivity index is 1.97. The molecule has 1 aliphatic rings. The third-order valence-electron chi connectivity index (χ3n) is 5.47. The molecule has 1 fully saturated rings. The summed E-state index contributed by atoms with van der Waals surface area (Å²) in [5, 5.41) is 21.3. The van der Waals surface area contributed by atoms with Gasteiger partial charge in [0.15, 0.2) is 0 Å². The van der Waals surface area contributed by atoms with Gasteiger partial charge in [0.25, 0.3) is 0 Å². The quantitative estimate of drug-likeness (QED) is 0.707. The SMILES string of the molecule is CNC(=O)[C@H]1CC(O)CN1C(=O)C(n1cc(-c2ccccc2OC(C)C)nn1)C(C)(C)C. The number of aliphatic hydroxyl groups excluding tert-OH is 1. The molecule has 32 heavy (non-hydrogen) atoms. The zero-order valence-corrected chi connectivity index (χ0v) is 19.6. The largest absolute Gasteiger partial charge is 0.490 e. The molecule has 0 radical (unpaired) electrons. The highest BCUT2D eigenvalue weighted by molar-refractivity contribution is 5.90. The molecule has 3 rings (SSSR count). The Morgan fingerprint density at radius 3 is 2.56 bits per heavy atom. The normalized spacial score (nSPS) is 19.8. The van der Waals surface area contributed by atoms with Gasteiger partial charge in [-0.1, -0.05) is 38.1 Å². The van der Waals surface area contributed by atoms with E-state index in [1.54, 1.807) is 10.9 Å². The van der Waals surface area contributed by atoms with E-state index >= 15 is 0 Å². The smallest absolute Gasteiger partial charge is 0.248 e. The number of rotatable bonds is 6. The number of nitrogens with zero attached hydrogens (tertiary/aromatic N) is 4. The van der Waals surface area contributed by atoms with Crippen molar-refractivity contribution in [2.45, 2.75) is 65.3 Å². The number of nitrogens with one attached hydrogen (secondary N) is 1. The van der Waals surface area contributed by atoms with Gasteiger partial charge in [-0.25, -0.2) is 4.68 Å². The highest BCUT2D eigenvalue weighted by Crippen LogP contribution is 2.36. The maximum atomic E-state index is 13.6. The fourth-order valence-corrected chi connectivity index (χ4v) is 4.07. The van der Waals surface area contributed by atoms with Crippen LogP contribution in [0.2, 0.25) is 0 Å². The van der Waals surface area contributed by atoms with Crippen LogP contribution in [0.5, 0.6) is 5.75 Å². The van der Waals surface area contributed by atoms with Gasteiger partial charge in [-0.15, -0.1) is 5.10 Å². The van der Waals surface area contributed by atoms with E-state index in [-0.39, 0.29) is 30.9 Å². The number of likely N-dealkylation sites (tertiary alicyclic amines) is 1. The summed E-state index contributed by atoms with van der Waals surface area (Å²) in [6.45, 7) is 9.83. The van der Waals surface area contributed by atoms with Crippen LogP contribution in [0.3, 0.4) is 0 Å². The fourth-order valence-electron chi connectivity index (χ4n) is 4.07. The molecule has 2 unspecified atom stereocenters. The van der Waals surface area contributed by atoms with Crippen molar-refractivity contribution in [3.8, 4) is 17.0 Å². The number of para-hydroxylation sites is 1. The number of hydrogen-bond acceptors (Lipinski definition) is 6. The Morgan fingerprint density at radius 1 is 1.25 bits per heavy atom. The Bertz CT molecular complexity index is 965. The highest BCUT2D eigenvalue weighted by Gasteiger charge is 2.45. The third kappa shape index (κ3) is 4.93. The van der Waals surface area contributed by atoms with Crippen LogP contribution in [-0.2, 0) is 9.59 Å².